The van der Waals surface area contributed by atoms with Gasteiger partial charge in [-0.3, -0.25) is 0 Å². The second-order valence-electron chi connectivity index (χ2n) is 6.32. The molecule has 0 atom stereocenters. The average molecular weight is 354 g/mol. The van der Waals surface area contributed by atoms with E-state index in [1.807, 2.05) is 24.3 Å². The first kappa shape index (κ1) is 16.7. The Labute approximate surface area is 150 Å². The third-order valence-electron chi connectivity index (χ3n) is 4.93. The summed E-state index contributed by atoms with van der Waals surface area (Å²) in [6, 6.07) is 14.3. The number of hydrogen-bond donors (Lipinski definition) is 0. The second kappa shape index (κ2) is 6.88. The van der Waals surface area contributed by atoms with Crippen LogP contribution in [0.1, 0.15) is 24.3 Å². The van der Waals surface area contributed by atoms with E-state index in [2.05, 4.69) is 10.2 Å². The number of ether oxygens (including phenoxy) is 2. The van der Waals surface area contributed by atoms with E-state index >= 15 is 0 Å². The number of nitrogens with zero attached hydrogens (tertiary/aromatic N) is 2. The zero-order chi connectivity index (χ0) is 18.0. The fourth-order valence-electron chi connectivity index (χ4n) is 3.42. The van der Waals surface area contributed by atoms with Crippen LogP contribution in [0.2, 0.25) is 0 Å². The Bertz CT molecular complexity index is 886. The fraction of sp³-hybridized carbons (Fsp3) is 0.300. The van der Waals surface area contributed by atoms with Gasteiger partial charge in [-0.25, -0.2) is 4.39 Å². The van der Waals surface area contributed by atoms with Gasteiger partial charge in [-0.15, -0.1) is 10.2 Å². The van der Waals surface area contributed by atoms with Gasteiger partial charge in [-0.2, -0.15) is 0 Å². The minimum absolute atomic E-state index is 0.192. The van der Waals surface area contributed by atoms with Crippen LogP contribution in [0.25, 0.3) is 11.5 Å². The van der Waals surface area contributed by atoms with E-state index in [1.165, 1.54) is 6.07 Å². The van der Waals surface area contributed by atoms with Crippen LogP contribution in [0, 0.1) is 5.82 Å². The number of hydrogen-bond acceptors (Lipinski definition) is 5. The molecule has 0 amide bonds. The highest BCUT2D eigenvalue weighted by atomic mass is 19.1. The van der Waals surface area contributed by atoms with Gasteiger partial charge in [0, 0.05) is 13.2 Å². The zero-order valence-electron chi connectivity index (χ0n) is 14.4. The van der Waals surface area contributed by atoms with Gasteiger partial charge in [0.1, 0.15) is 11.6 Å². The number of halogens is 1. The van der Waals surface area contributed by atoms with Crippen LogP contribution >= 0.6 is 0 Å². The van der Waals surface area contributed by atoms with Crippen molar-refractivity contribution >= 4 is 0 Å². The number of aromatic nitrogens is 2. The summed E-state index contributed by atoms with van der Waals surface area (Å²) in [4.78, 5) is 0. The normalized spacial score (nSPS) is 16.4. The van der Waals surface area contributed by atoms with Crippen molar-refractivity contribution in [3.63, 3.8) is 0 Å². The third kappa shape index (κ3) is 2.86. The molecule has 1 aliphatic rings. The first-order valence-electron chi connectivity index (χ1n) is 8.54. The molecule has 0 aliphatic carbocycles. The molecule has 0 bridgehead atoms. The predicted molar refractivity (Wildman–Crippen MR) is 93.5 cm³/mol. The number of rotatable bonds is 4. The third-order valence-corrected chi connectivity index (χ3v) is 4.93. The van der Waals surface area contributed by atoms with E-state index in [4.69, 9.17) is 13.9 Å². The molecule has 0 spiro atoms. The molecule has 3 aromatic rings. The standard InChI is InChI=1S/C20H19FN2O3/c1-24-15-8-6-14(7-9-15)20(10-12-25-13-11-20)19-23-22-18(26-19)16-4-2-3-5-17(16)21/h2-9H,10-13H2,1H3. The molecular formula is C20H19FN2O3. The summed E-state index contributed by atoms with van der Waals surface area (Å²) < 4.78 is 30.8. The lowest BCUT2D eigenvalue weighted by Gasteiger charge is -2.34. The monoisotopic (exact) mass is 354 g/mol. The molecule has 26 heavy (non-hydrogen) atoms. The van der Waals surface area contributed by atoms with Gasteiger partial charge >= 0.3 is 0 Å². The summed E-state index contributed by atoms with van der Waals surface area (Å²) in [5.41, 5.74) is 0.926. The fourth-order valence-corrected chi connectivity index (χ4v) is 3.42. The summed E-state index contributed by atoms with van der Waals surface area (Å²) >= 11 is 0. The van der Waals surface area contributed by atoms with E-state index in [9.17, 15) is 4.39 Å². The molecule has 2 heterocycles. The van der Waals surface area contributed by atoms with Gasteiger partial charge in [-0.1, -0.05) is 24.3 Å². The van der Waals surface area contributed by atoms with Gasteiger partial charge < -0.3 is 13.9 Å². The minimum Gasteiger partial charge on any atom is -0.497 e. The van der Waals surface area contributed by atoms with Crippen molar-refractivity contribution in [1.29, 1.82) is 0 Å². The Kier molecular flexibility index (Phi) is 4.42. The molecule has 1 saturated heterocycles. The summed E-state index contributed by atoms with van der Waals surface area (Å²) in [6.45, 7) is 1.20. The molecule has 0 saturated carbocycles. The van der Waals surface area contributed by atoms with Crippen LogP contribution in [0.4, 0.5) is 4.39 Å². The maximum atomic E-state index is 14.1. The molecule has 4 rings (SSSR count). The molecule has 134 valence electrons. The molecular weight excluding hydrogens is 335 g/mol. The highest BCUT2D eigenvalue weighted by Crippen LogP contribution is 2.41. The summed E-state index contributed by atoms with van der Waals surface area (Å²) in [5, 5.41) is 8.38. The van der Waals surface area contributed by atoms with Crippen molar-refractivity contribution < 1.29 is 18.3 Å². The molecule has 0 unspecified atom stereocenters. The highest BCUT2D eigenvalue weighted by molar-refractivity contribution is 5.53. The first-order valence-corrected chi connectivity index (χ1v) is 8.54. The van der Waals surface area contributed by atoms with Gasteiger partial charge in [0.05, 0.1) is 18.1 Å². The molecule has 0 radical (unpaired) electrons. The Morgan fingerprint density at radius 2 is 1.73 bits per heavy atom. The Morgan fingerprint density at radius 1 is 1.00 bits per heavy atom. The van der Waals surface area contributed by atoms with Crippen LogP contribution in [0.5, 0.6) is 5.75 Å². The van der Waals surface area contributed by atoms with Crippen molar-refractivity contribution in [2.45, 2.75) is 18.3 Å². The van der Waals surface area contributed by atoms with Gasteiger partial charge in [-0.05, 0) is 42.7 Å². The molecule has 1 fully saturated rings. The van der Waals surface area contributed by atoms with Crippen LogP contribution in [0.3, 0.4) is 0 Å². The number of benzene rings is 2. The molecule has 5 nitrogen and oxygen atoms in total. The van der Waals surface area contributed by atoms with Gasteiger partial charge in [0.25, 0.3) is 5.89 Å². The SMILES string of the molecule is COc1ccc(C2(c3nnc(-c4ccccc4F)o3)CCOCC2)cc1. The Morgan fingerprint density at radius 3 is 2.42 bits per heavy atom. The first-order chi connectivity index (χ1) is 12.7. The molecule has 1 aromatic heterocycles. The van der Waals surface area contributed by atoms with E-state index < -0.39 is 5.41 Å². The van der Waals surface area contributed by atoms with Crippen LogP contribution in [-0.4, -0.2) is 30.5 Å². The smallest absolute Gasteiger partial charge is 0.250 e. The van der Waals surface area contributed by atoms with E-state index in [0.29, 0.717) is 24.7 Å². The van der Waals surface area contributed by atoms with E-state index in [-0.39, 0.29) is 11.7 Å². The molecule has 6 heteroatoms. The second-order valence-corrected chi connectivity index (χ2v) is 6.32. The van der Waals surface area contributed by atoms with Crippen molar-refractivity contribution in [1.82, 2.24) is 10.2 Å². The van der Waals surface area contributed by atoms with Crippen LogP contribution in [0.15, 0.2) is 52.9 Å². The zero-order valence-corrected chi connectivity index (χ0v) is 14.4. The quantitative estimate of drug-likeness (QED) is 0.709. The average Bonchev–Trinajstić information content (AvgIpc) is 3.19. The maximum Gasteiger partial charge on any atom is 0.250 e. The molecule has 1 aliphatic heterocycles. The highest BCUT2D eigenvalue weighted by Gasteiger charge is 2.41. The predicted octanol–water partition coefficient (Wildman–Crippen LogP) is 3.98. The Balaban J connectivity index is 1.77. The van der Waals surface area contributed by atoms with Crippen LogP contribution in [-0.2, 0) is 10.2 Å². The van der Waals surface area contributed by atoms with E-state index in [1.54, 1.807) is 25.3 Å². The van der Waals surface area contributed by atoms with Crippen molar-refractivity contribution in [2.75, 3.05) is 20.3 Å². The van der Waals surface area contributed by atoms with Gasteiger partial charge in [0.15, 0.2) is 0 Å². The maximum absolute atomic E-state index is 14.1. The van der Waals surface area contributed by atoms with Crippen molar-refractivity contribution in [3.8, 4) is 17.2 Å². The summed E-state index contributed by atoms with van der Waals surface area (Å²) in [7, 11) is 1.64. The minimum atomic E-state index is -0.443. The number of methoxy groups -OCH3 is 1. The Hall–Kier alpha value is -2.73. The largest absolute Gasteiger partial charge is 0.497 e. The van der Waals surface area contributed by atoms with Gasteiger partial charge in [0.2, 0.25) is 5.89 Å². The van der Waals surface area contributed by atoms with E-state index in [0.717, 1.165) is 24.2 Å². The van der Waals surface area contributed by atoms with Crippen LogP contribution < -0.4 is 4.74 Å². The lowest BCUT2D eigenvalue weighted by Crippen LogP contribution is -2.35. The lowest BCUT2D eigenvalue weighted by molar-refractivity contribution is 0.0546. The topological polar surface area (TPSA) is 57.4 Å². The lowest BCUT2D eigenvalue weighted by atomic mass is 9.74. The summed E-state index contributed by atoms with van der Waals surface area (Å²) in [6.07, 6.45) is 1.44. The van der Waals surface area contributed by atoms with Crippen molar-refractivity contribution in [3.05, 3.63) is 65.8 Å². The van der Waals surface area contributed by atoms with Crippen molar-refractivity contribution in [2.24, 2.45) is 0 Å². The summed E-state index contributed by atoms with van der Waals surface area (Å²) in [5.74, 6) is 1.09. The molecule has 2 aromatic carbocycles. The molecule has 0 N–H and O–H groups in total.